The number of nitrogens with zero attached hydrogens (tertiary/aromatic N) is 2. The van der Waals surface area contributed by atoms with E-state index in [1.807, 2.05) is 0 Å². The molecule has 0 N–H and O–H groups in total. The molecule has 0 bridgehead atoms. The van der Waals surface area contributed by atoms with Crippen LogP contribution in [0.1, 0.15) is 5.56 Å². The van der Waals surface area contributed by atoms with Crippen LogP contribution in [0.5, 0.6) is 0 Å². The molecular weight excluding hydrogens is 472 g/mol. The zero-order valence-electron chi connectivity index (χ0n) is 15.1. The third kappa shape index (κ3) is 4.47. The fourth-order valence-electron chi connectivity index (χ4n) is 2.94. The van der Waals surface area contributed by atoms with Crippen molar-refractivity contribution in [3.8, 4) is 0 Å². The smallest absolute Gasteiger partial charge is 0.207 e. The van der Waals surface area contributed by atoms with Gasteiger partial charge in [0.2, 0.25) is 20.0 Å². The van der Waals surface area contributed by atoms with Crippen LogP contribution in [-0.2, 0) is 26.2 Å². The van der Waals surface area contributed by atoms with Gasteiger partial charge in [0.15, 0.2) is 0 Å². The van der Waals surface area contributed by atoms with Crippen LogP contribution >= 0.6 is 11.6 Å². The van der Waals surface area contributed by atoms with Gasteiger partial charge >= 0.3 is 6.18 Å². The van der Waals surface area contributed by atoms with Crippen LogP contribution in [-0.4, -0.2) is 51.6 Å². The van der Waals surface area contributed by atoms with Crippen LogP contribution in [0.2, 0.25) is 5.02 Å². The summed E-state index contributed by atoms with van der Waals surface area (Å²) in [7, 11) is -8.45. The highest BCUT2D eigenvalue weighted by Gasteiger charge is 2.37. The summed E-state index contributed by atoms with van der Waals surface area (Å²) in [6.45, 7) is -1.11. The number of rotatable bonds is 4. The Labute approximate surface area is 175 Å². The molecule has 0 aromatic heterocycles. The molecule has 3 rings (SSSR count). The average Bonchev–Trinajstić information content (AvgIpc) is 2.67. The standard InChI is InChI=1S/C17H15ClF4N2O4S2/c18-15-5-4-12(17(20,21)22)10-16(15)30(27,28)24-8-6-23(7-9-24)29(25,26)14-3-1-2-13(19)11-14/h1-5,10-11H,6-9H2. The van der Waals surface area contributed by atoms with E-state index in [1.165, 1.54) is 12.1 Å². The van der Waals surface area contributed by atoms with Crippen LogP contribution < -0.4 is 0 Å². The zero-order valence-corrected chi connectivity index (χ0v) is 17.5. The highest BCUT2D eigenvalue weighted by Crippen LogP contribution is 2.34. The van der Waals surface area contributed by atoms with E-state index in [0.29, 0.717) is 12.1 Å². The number of sulfonamides is 2. The first kappa shape index (κ1) is 22.9. The molecule has 0 atom stereocenters. The molecule has 1 aliphatic heterocycles. The SMILES string of the molecule is O=S(=O)(c1cccc(F)c1)N1CCN(S(=O)(=O)c2cc(C(F)(F)F)ccc2Cl)CC1. The first-order valence-electron chi connectivity index (χ1n) is 8.46. The molecule has 2 aromatic rings. The molecule has 2 aromatic carbocycles. The van der Waals surface area contributed by atoms with Crippen molar-refractivity contribution in [3.63, 3.8) is 0 Å². The maximum absolute atomic E-state index is 13.4. The van der Waals surface area contributed by atoms with E-state index < -0.39 is 42.5 Å². The lowest BCUT2D eigenvalue weighted by molar-refractivity contribution is -0.137. The van der Waals surface area contributed by atoms with Crippen molar-refractivity contribution in [3.05, 3.63) is 58.9 Å². The Morgan fingerprint density at radius 3 is 1.93 bits per heavy atom. The third-order valence-corrected chi connectivity index (χ3v) is 8.78. The predicted molar refractivity (Wildman–Crippen MR) is 100 cm³/mol. The summed E-state index contributed by atoms with van der Waals surface area (Å²) in [6, 6.07) is 6.35. The van der Waals surface area contributed by atoms with Gasteiger partial charge in [-0.05, 0) is 36.4 Å². The molecule has 164 valence electrons. The summed E-state index contributed by atoms with van der Waals surface area (Å²) in [5.41, 5.74) is -1.17. The van der Waals surface area contributed by atoms with Crippen LogP contribution in [0.3, 0.4) is 0 Å². The van der Waals surface area contributed by atoms with Gasteiger partial charge in [-0.25, -0.2) is 21.2 Å². The second-order valence-electron chi connectivity index (χ2n) is 6.41. The van der Waals surface area contributed by atoms with Crippen LogP contribution in [0.25, 0.3) is 0 Å². The van der Waals surface area contributed by atoms with Gasteiger partial charge in [-0.2, -0.15) is 21.8 Å². The molecule has 1 fully saturated rings. The largest absolute Gasteiger partial charge is 0.416 e. The first-order chi connectivity index (χ1) is 13.8. The monoisotopic (exact) mass is 486 g/mol. The highest BCUT2D eigenvalue weighted by atomic mass is 35.5. The minimum atomic E-state index is -4.76. The molecule has 13 heteroatoms. The van der Waals surface area contributed by atoms with Crippen molar-refractivity contribution in [2.24, 2.45) is 0 Å². The molecule has 30 heavy (non-hydrogen) atoms. The number of halogens is 5. The van der Waals surface area contributed by atoms with Gasteiger partial charge in [0.1, 0.15) is 10.7 Å². The fourth-order valence-corrected chi connectivity index (χ4v) is 6.32. The molecule has 1 heterocycles. The van der Waals surface area contributed by atoms with Crippen molar-refractivity contribution in [2.75, 3.05) is 26.2 Å². The van der Waals surface area contributed by atoms with Crippen molar-refractivity contribution < 1.29 is 34.4 Å². The van der Waals surface area contributed by atoms with Gasteiger partial charge in [0.05, 0.1) is 15.5 Å². The predicted octanol–water partition coefficient (Wildman–Crippen LogP) is 3.19. The summed E-state index contributed by atoms with van der Waals surface area (Å²) in [5.74, 6) is -0.739. The van der Waals surface area contributed by atoms with E-state index in [2.05, 4.69) is 0 Å². The number of hydrogen-bond donors (Lipinski definition) is 0. The normalized spacial score (nSPS) is 17.2. The number of benzene rings is 2. The van der Waals surface area contributed by atoms with E-state index >= 15 is 0 Å². The molecule has 0 unspecified atom stereocenters. The van der Waals surface area contributed by atoms with Gasteiger partial charge in [-0.3, -0.25) is 0 Å². The van der Waals surface area contributed by atoms with E-state index in [9.17, 15) is 34.4 Å². The first-order valence-corrected chi connectivity index (χ1v) is 11.7. The van der Waals surface area contributed by atoms with E-state index in [1.54, 1.807) is 0 Å². The second-order valence-corrected chi connectivity index (χ2v) is 10.7. The van der Waals surface area contributed by atoms with E-state index in [4.69, 9.17) is 11.6 Å². The summed E-state index contributed by atoms with van der Waals surface area (Å²) < 4.78 is 105. The average molecular weight is 487 g/mol. The van der Waals surface area contributed by atoms with Gasteiger partial charge in [-0.15, -0.1) is 0 Å². The minimum Gasteiger partial charge on any atom is -0.207 e. The lowest BCUT2D eigenvalue weighted by atomic mass is 10.2. The Hall–Kier alpha value is -1.73. The second kappa shape index (κ2) is 8.08. The number of piperazine rings is 1. The van der Waals surface area contributed by atoms with Crippen LogP contribution in [0, 0.1) is 5.82 Å². The Balaban J connectivity index is 1.82. The summed E-state index contributed by atoms with van der Waals surface area (Å²) in [5, 5.41) is -0.377. The molecular formula is C17H15ClF4N2O4S2. The molecule has 0 spiro atoms. The maximum atomic E-state index is 13.4. The minimum absolute atomic E-state index is 0.255. The summed E-state index contributed by atoms with van der Waals surface area (Å²) >= 11 is 5.83. The zero-order chi connectivity index (χ0) is 22.3. The molecule has 0 radical (unpaired) electrons. The van der Waals surface area contributed by atoms with Crippen molar-refractivity contribution in [1.29, 1.82) is 0 Å². The van der Waals surface area contributed by atoms with Crippen LogP contribution in [0.4, 0.5) is 17.6 Å². The molecule has 1 aliphatic rings. The lowest BCUT2D eigenvalue weighted by Crippen LogP contribution is -2.50. The third-order valence-electron chi connectivity index (χ3n) is 4.51. The quantitative estimate of drug-likeness (QED) is 0.622. The number of alkyl halides is 3. The lowest BCUT2D eigenvalue weighted by Gasteiger charge is -2.33. The Kier molecular flexibility index (Phi) is 6.18. The van der Waals surface area contributed by atoms with Gasteiger partial charge < -0.3 is 0 Å². The maximum Gasteiger partial charge on any atom is 0.416 e. The van der Waals surface area contributed by atoms with E-state index in [0.717, 1.165) is 26.8 Å². The number of hydrogen-bond acceptors (Lipinski definition) is 4. The summed E-state index contributed by atoms with van der Waals surface area (Å²) in [6.07, 6.45) is -4.76. The molecule has 0 amide bonds. The topological polar surface area (TPSA) is 74.8 Å². The van der Waals surface area contributed by atoms with Crippen LogP contribution in [0.15, 0.2) is 52.3 Å². The van der Waals surface area contributed by atoms with Gasteiger partial charge in [0.25, 0.3) is 0 Å². The van der Waals surface area contributed by atoms with Crippen molar-refractivity contribution >= 4 is 31.6 Å². The molecule has 6 nitrogen and oxygen atoms in total. The van der Waals surface area contributed by atoms with Crippen molar-refractivity contribution in [1.82, 2.24) is 8.61 Å². The highest BCUT2D eigenvalue weighted by molar-refractivity contribution is 7.89. The Bertz CT molecular complexity index is 1160. The van der Waals surface area contributed by atoms with Crippen molar-refractivity contribution in [2.45, 2.75) is 16.0 Å². The summed E-state index contributed by atoms with van der Waals surface area (Å²) in [4.78, 5) is -0.986. The fraction of sp³-hybridized carbons (Fsp3) is 0.294. The van der Waals surface area contributed by atoms with E-state index in [-0.39, 0.29) is 36.1 Å². The Morgan fingerprint density at radius 1 is 0.833 bits per heavy atom. The molecule has 1 saturated heterocycles. The van der Waals surface area contributed by atoms with Gasteiger partial charge in [0, 0.05) is 26.2 Å². The Morgan fingerprint density at radius 2 is 1.40 bits per heavy atom. The molecule has 0 saturated carbocycles. The molecule has 0 aliphatic carbocycles. The van der Waals surface area contributed by atoms with Gasteiger partial charge in [-0.1, -0.05) is 17.7 Å².